The Labute approximate surface area is 153 Å². The molecule has 0 aliphatic carbocycles. The largest absolute Gasteiger partial charge is 0.492 e. The number of aliphatic hydroxyl groups excluding tert-OH is 1. The second-order valence-electron chi connectivity index (χ2n) is 6.82. The molecule has 2 aliphatic rings. The highest BCUT2D eigenvalue weighted by atomic mass is 32.1. The Bertz CT molecular complexity index is 709. The molecule has 1 aromatic carbocycles. The van der Waals surface area contributed by atoms with E-state index >= 15 is 0 Å². The topological polar surface area (TPSA) is 41.9 Å². The first-order chi connectivity index (χ1) is 12.3. The minimum absolute atomic E-state index is 0.0724. The number of thiophene rings is 1. The summed E-state index contributed by atoms with van der Waals surface area (Å²) in [5.74, 6) is 0.946. The summed E-state index contributed by atoms with van der Waals surface area (Å²) >= 11 is 1.88. The molecule has 4 nitrogen and oxygen atoms in total. The molecule has 4 rings (SSSR count). The molecule has 3 heterocycles. The number of fused-ring (bicyclic) bond motifs is 1. The first kappa shape index (κ1) is 17.0. The molecular formula is C20H25NO3S. The van der Waals surface area contributed by atoms with Crippen LogP contribution in [0.15, 0.2) is 30.3 Å². The van der Waals surface area contributed by atoms with Gasteiger partial charge in [0.25, 0.3) is 0 Å². The monoisotopic (exact) mass is 359 g/mol. The first-order valence-corrected chi connectivity index (χ1v) is 9.91. The molecule has 0 saturated carbocycles. The van der Waals surface area contributed by atoms with Gasteiger partial charge in [-0.25, -0.2) is 0 Å². The van der Waals surface area contributed by atoms with Crippen molar-refractivity contribution in [1.82, 2.24) is 4.90 Å². The van der Waals surface area contributed by atoms with Gasteiger partial charge in [0.15, 0.2) is 0 Å². The minimum atomic E-state index is 0.0724. The van der Waals surface area contributed by atoms with E-state index in [0.717, 1.165) is 49.5 Å². The van der Waals surface area contributed by atoms with Gasteiger partial charge in [-0.15, -0.1) is 11.3 Å². The summed E-state index contributed by atoms with van der Waals surface area (Å²) < 4.78 is 11.8. The van der Waals surface area contributed by atoms with Crippen LogP contribution in [-0.4, -0.2) is 29.8 Å². The average Bonchev–Trinajstić information content (AvgIpc) is 3.02. The standard InChI is InChI=1S/C20H25NO3S/c22-14-15-4-6-18-16(11-15)12-21(8-10-24-18)13-17-5-7-20(25-17)19-3-1-2-9-23-19/h4-7,11,19,22H,1-3,8-10,12-14H2. The van der Waals surface area contributed by atoms with Gasteiger partial charge in [-0.1, -0.05) is 6.07 Å². The molecule has 0 bridgehead atoms. The summed E-state index contributed by atoms with van der Waals surface area (Å²) in [5, 5.41) is 9.37. The smallest absolute Gasteiger partial charge is 0.123 e. The number of nitrogens with zero attached hydrogens (tertiary/aromatic N) is 1. The number of rotatable bonds is 4. The number of benzene rings is 1. The highest BCUT2D eigenvalue weighted by Crippen LogP contribution is 2.33. The molecule has 0 radical (unpaired) electrons. The fraction of sp³-hybridized carbons (Fsp3) is 0.500. The molecule has 134 valence electrons. The molecule has 5 heteroatoms. The lowest BCUT2D eigenvalue weighted by Crippen LogP contribution is -2.24. The molecule has 1 unspecified atom stereocenters. The summed E-state index contributed by atoms with van der Waals surface area (Å²) in [7, 11) is 0. The third kappa shape index (κ3) is 4.06. The second kappa shape index (κ2) is 7.87. The molecule has 1 atom stereocenters. The van der Waals surface area contributed by atoms with Crippen LogP contribution >= 0.6 is 11.3 Å². The lowest BCUT2D eigenvalue weighted by Gasteiger charge is -2.21. The molecule has 1 fully saturated rings. The molecule has 25 heavy (non-hydrogen) atoms. The molecular weight excluding hydrogens is 334 g/mol. The van der Waals surface area contributed by atoms with E-state index in [1.807, 2.05) is 23.5 Å². The molecule has 1 N–H and O–H groups in total. The maximum Gasteiger partial charge on any atom is 0.123 e. The van der Waals surface area contributed by atoms with Crippen LogP contribution in [0.1, 0.15) is 46.2 Å². The van der Waals surface area contributed by atoms with E-state index in [4.69, 9.17) is 9.47 Å². The van der Waals surface area contributed by atoms with E-state index < -0.39 is 0 Å². The van der Waals surface area contributed by atoms with Crippen LogP contribution in [0.4, 0.5) is 0 Å². The number of aliphatic hydroxyl groups is 1. The fourth-order valence-corrected chi connectivity index (χ4v) is 4.71. The van der Waals surface area contributed by atoms with E-state index in [0.29, 0.717) is 12.7 Å². The van der Waals surface area contributed by atoms with Gasteiger partial charge in [-0.3, -0.25) is 4.90 Å². The van der Waals surface area contributed by atoms with E-state index in [-0.39, 0.29) is 6.61 Å². The van der Waals surface area contributed by atoms with E-state index in [1.54, 1.807) is 0 Å². The zero-order chi connectivity index (χ0) is 17.1. The van der Waals surface area contributed by atoms with Crippen molar-refractivity contribution in [2.45, 2.75) is 45.1 Å². The number of hydrogen-bond donors (Lipinski definition) is 1. The van der Waals surface area contributed by atoms with Crippen molar-refractivity contribution in [3.8, 4) is 5.75 Å². The average molecular weight is 359 g/mol. The lowest BCUT2D eigenvalue weighted by molar-refractivity contribution is 0.0172. The second-order valence-corrected chi connectivity index (χ2v) is 8.02. The summed E-state index contributed by atoms with van der Waals surface area (Å²) in [5.41, 5.74) is 2.11. The normalized spacial score (nSPS) is 21.4. The summed E-state index contributed by atoms with van der Waals surface area (Å²) in [6, 6.07) is 10.5. The highest BCUT2D eigenvalue weighted by Gasteiger charge is 2.20. The van der Waals surface area contributed by atoms with Crippen LogP contribution in [0.5, 0.6) is 5.75 Å². The van der Waals surface area contributed by atoms with Crippen molar-refractivity contribution < 1.29 is 14.6 Å². The maximum atomic E-state index is 9.37. The Morgan fingerprint density at radius 1 is 1.16 bits per heavy atom. The molecule has 2 aliphatic heterocycles. The van der Waals surface area contributed by atoms with Gasteiger partial charge >= 0.3 is 0 Å². The summed E-state index contributed by atoms with van der Waals surface area (Å²) in [6.45, 7) is 4.37. The SMILES string of the molecule is OCc1ccc2c(c1)CN(Cc1ccc(C3CCCCO3)s1)CCO2. The van der Waals surface area contributed by atoms with Crippen LogP contribution in [0.2, 0.25) is 0 Å². The van der Waals surface area contributed by atoms with Crippen LogP contribution < -0.4 is 4.74 Å². The molecule has 0 amide bonds. The summed E-state index contributed by atoms with van der Waals surface area (Å²) in [4.78, 5) is 5.17. The number of ether oxygens (including phenoxy) is 2. The lowest BCUT2D eigenvalue weighted by atomic mass is 10.1. The Morgan fingerprint density at radius 2 is 2.12 bits per heavy atom. The Hall–Kier alpha value is -1.40. The van der Waals surface area contributed by atoms with Crippen molar-refractivity contribution in [3.05, 3.63) is 51.2 Å². The zero-order valence-corrected chi connectivity index (χ0v) is 15.3. The van der Waals surface area contributed by atoms with Crippen molar-refractivity contribution in [1.29, 1.82) is 0 Å². The first-order valence-electron chi connectivity index (χ1n) is 9.10. The van der Waals surface area contributed by atoms with Gasteiger partial charge in [-0.05, 0) is 49.1 Å². The van der Waals surface area contributed by atoms with Gasteiger partial charge in [0.05, 0.1) is 12.7 Å². The number of hydrogen-bond acceptors (Lipinski definition) is 5. The van der Waals surface area contributed by atoms with Crippen LogP contribution in [0.25, 0.3) is 0 Å². The Balaban J connectivity index is 1.44. The van der Waals surface area contributed by atoms with Gasteiger partial charge in [0, 0.05) is 41.6 Å². The zero-order valence-electron chi connectivity index (χ0n) is 14.4. The predicted octanol–water partition coefficient (Wildman–Crippen LogP) is 3.88. The van der Waals surface area contributed by atoms with Gasteiger partial charge < -0.3 is 14.6 Å². The van der Waals surface area contributed by atoms with Crippen molar-refractivity contribution in [2.24, 2.45) is 0 Å². The predicted molar refractivity (Wildman–Crippen MR) is 98.8 cm³/mol. The Kier molecular flexibility index (Phi) is 5.36. The third-order valence-corrected chi connectivity index (χ3v) is 6.09. The molecule has 1 saturated heterocycles. The van der Waals surface area contributed by atoms with E-state index in [9.17, 15) is 5.11 Å². The third-order valence-electron chi connectivity index (χ3n) is 4.93. The van der Waals surface area contributed by atoms with Gasteiger partial charge in [0.1, 0.15) is 12.4 Å². The van der Waals surface area contributed by atoms with Crippen LogP contribution in [0.3, 0.4) is 0 Å². The minimum Gasteiger partial charge on any atom is -0.492 e. The van der Waals surface area contributed by atoms with Gasteiger partial charge in [0.2, 0.25) is 0 Å². The van der Waals surface area contributed by atoms with Crippen molar-refractivity contribution in [3.63, 3.8) is 0 Å². The van der Waals surface area contributed by atoms with E-state index in [2.05, 4.69) is 23.1 Å². The maximum absolute atomic E-state index is 9.37. The quantitative estimate of drug-likeness (QED) is 0.900. The fourth-order valence-electron chi connectivity index (χ4n) is 3.57. The highest BCUT2D eigenvalue weighted by molar-refractivity contribution is 7.12. The molecule has 0 spiro atoms. The van der Waals surface area contributed by atoms with Crippen LogP contribution in [-0.2, 0) is 24.4 Å². The van der Waals surface area contributed by atoms with Crippen molar-refractivity contribution >= 4 is 11.3 Å². The van der Waals surface area contributed by atoms with E-state index in [1.165, 1.54) is 22.6 Å². The van der Waals surface area contributed by atoms with Crippen LogP contribution in [0, 0.1) is 0 Å². The summed E-state index contributed by atoms with van der Waals surface area (Å²) in [6.07, 6.45) is 3.91. The molecule has 2 aromatic rings. The van der Waals surface area contributed by atoms with Crippen molar-refractivity contribution in [2.75, 3.05) is 19.8 Å². The molecule has 1 aromatic heterocycles. The van der Waals surface area contributed by atoms with Gasteiger partial charge in [-0.2, -0.15) is 0 Å². The Morgan fingerprint density at radius 3 is 2.96 bits per heavy atom.